The van der Waals surface area contributed by atoms with Crippen molar-refractivity contribution in [1.29, 1.82) is 0 Å². The molecular weight excluding hydrogens is 633 g/mol. The van der Waals surface area contributed by atoms with E-state index in [0.717, 1.165) is 64.4 Å². The van der Waals surface area contributed by atoms with Gasteiger partial charge in [-0.2, -0.15) is 4.57 Å². The van der Waals surface area contributed by atoms with E-state index in [1.54, 1.807) is 11.8 Å². The largest absolute Gasteiger partial charge is 0.481 e. The molecule has 8 rings (SSSR count). The lowest BCUT2D eigenvalue weighted by Gasteiger charge is -2.21. The number of hydrogen-bond acceptors (Lipinski definition) is 5. The molecule has 7 aromatic rings. The van der Waals surface area contributed by atoms with Gasteiger partial charge >= 0.3 is 17.8 Å². The zero-order chi connectivity index (χ0) is 33.5. The molecule has 6 aromatic carbocycles. The number of anilines is 1. The smallest absolute Gasteiger partial charge is 0.374 e. The third kappa shape index (κ3) is 5.40. The molecule has 1 aliphatic heterocycles. The van der Waals surface area contributed by atoms with E-state index in [-0.39, 0.29) is 19.4 Å². The van der Waals surface area contributed by atoms with Crippen LogP contribution in [0.5, 0.6) is 0 Å². The molecule has 1 aliphatic rings. The average molecular weight is 664 g/mol. The summed E-state index contributed by atoms with van der Waals surface area (Å²) in [5.41, 5.74) is 2.63. The van der Waals surface area contributed by atoms with Crippen molar-refractivity contribution in [3.8, 4) is 0 Å². The third-order valence-corrected chi connectivity index (χ3v) is 10.2. The first-order chi connectivity index (χ1) is 24.0. The van der Waals surface area contributed by atoms with Gasteiger partial charge in [0.05, 0.1) is 28.6 Å². The van der Waals surface area contributed by atoms with Gasteiger partial charge in [0.2, 0.25) is 5.58 Å². The molecule has 240 valence electrons. The van der Waals surface area contributed by atoms with Crippen molar-refractivity contribution in [2.24, 2.45) is 0 Å². The molecule has 0 spiro atoms. The van der Waals surface area contributed by atoms with Gasteiger partial charge in [0.25, 0.3) is 5.52 Å². The van der Waals surface area contributed by atoms with Crippen molar-refractivity contribution in [3.63, 3.8) is 0 Å². The first-order valence-corrected chi connectivity index (χ1v) is 16.9. The molecule has 2 N–H and O–H groups in total. The van der Waals surface area contributed by atoms with Crippen molar-refractivity contribution < 1.29 is 28.8 Å². The van der Waals surface area contributed by atoms with E-state index in [9.17, 15) is 19.8 Å². The Kier molecular flexibility index (Phi) is 7.86. The molecule has 0 amide bonds. The summed E-state index contributed by atoms with van der Waals surface area (Å²) in [5.74, 6) is -1.17. The number of allylic oxidation sites excluding steroid dienone is 4. The highest BCUT2D eigenvalue weighted by Gasteiger charge is 2.30. The molecule has 0 aliphatic carbocycles. The number of carboxylic acids is 2. The topological polar surface area (TPSA) is 94.9 Å². The lowest BCUT2D eigenvalue weighted by Crippen LogP contribution is -2.36. The summed E-state index contributed by atoms with van der Waals surface area (Å²) in [4.78, 5) is 26.6. The van der Waals surface area contributed by atoms with Gasteiger partial charge < -0.3 is 19.5 Å². The Balaban J connectivity index is 1.19. The monoisotopic (exact) mass is 663 g/mol. The maximum atomic E-state index is 11.7. The van der Waals surface area contributed by atoms with Gasteiger partial charge in [0, 0.05) is 22.2 Å². The Morgan fingerprint density at radius 1 is 0.673 bits per heavy atom. The van der Waals surface area contributed by atoms with Crippen LogP contribution in [0, 0.1) is 0 Å². The maximum absolute atomic E-state index is 11.7. The SMILES string of the molecule is O=C(O)CCN1\C(=C/C=C/C=C/c2oc3c4ccccc4c4ccccc4c3[n+]2CCC(=O)O)Sc2c1c1ccccc1c1ccccc21. The molecular formula is C41H31N2O5S+. The van der Waals surface area contributed by atoms with E-state index in [0.29, 0.717) is 12.4 Å². The van der Waals surface area contributed by atoms with Gasteiger partial charge in [-0.25, -0.2) is 0 Å². The molecule has 2 heterocycles. The van der Waals surface area contributed by atoms with Crippen LogP contribution >= 0.6 is 11.8 Å². The summed E-state index contributed by atoms with van der Waals surface area (Å²) in [7, 11) is 0. The zero-order valence-electron chi connectivity index (χ0n) is 26.4. The van der Waals surface area contributed by atoms with E-state index in [1.165, 1.54) is 5.39 Å². The Labute approximate surface area is 285 Å². The van der Waals surface area contributed by atoms with Crippen LogP contribution in [0.1, 0.15) is 18.7 Å². The van der Waals surface area contributed by atoms with Crippen molar-refractivity contribution in [3.05, 3.63) is 132 Å². The predicted molar refractivity (Wildman–Crippen MR) is 197 cm³/mol. The van der Waals surface area contributed by atoms with Gasteiger partial charge in [-0.05, 0) is 39.1 Å². The Morgan fingerprint density at radius 3 is 1.90 bits per heavy atom. The Morgan fingerprint density at radius 2 is 1.22 bits per heavy atom. The number of thioether (sulfide) groups is 1. The Bertz CT molecular complexity index is 2560. The van der Waals surface area contributed by atoms with Crippen LogP contribution in [0.25, 0.3) is 60.3 Å². The van der Waals surface area contributed by atoms with Gasteiger partial charge in [-0.1, -0.05) is 121 Å². The van der Waals surface area contributed by atoms with Gasteiger partial charge in [-0.15, -0.1) is 0 Å². The van der Waals surface area contributed by atoms with Crippen LogP contribution in [0.15, 0.2) is 136 Å². The molecule has 1 aromatic heterocycles. The number of carbonyl (C=O) groups is 2. The number of nitrogens with zero attached hydrogens (tertiary/aromatic N) is 2. The molecule has 7 nitrogen and oxygen atoms in total. The van der Waals surface area contributed by atoms with Crippen LogP contribution in [0.2, 0.25) is 0 Å². The summed E-state index contributed by atoms with van der Waals surface area (Å²) in [6, 6.07) is 32.9. The summed E-state index contributed by atoms with van der Waals surface area (Å²) < 4.78 is 8.45. The molecule has 0 unspecified atom stereocenters. The maximum Gasteiger partial charge on any atom is 0.374 e. The molecule has 0 saturated heterocycles. The summed E-state index contributed by atoms with van der Waals surface area (Å²) in [5, 5.41) is 28.8. The number of oxazole rings is 1. The van der Waals surface area contributed by atoms with Gasteiger partial charge in [-0.3, -0.25) is 9.59 Å². The number of benzene rings is 6. The summed E-state index contributed by atoms with van der Waals surface area (Å²) in [6.45, 7) is 0.602. The number of rotatable bonds is 9. The van der Waals surface area contributed by atoms with Crippen LogP contribution in [0.3, 0.4) is 0 Å². The number of hydrogen-bond donors (Lipinski definition) is 2. The fourth-order valence-electron chi connectivity index (χ4n) is 6.91. The molecule has 0 atom stereocenters. The van der Waals surface area contributed by atoms with Crippen LogP contribution in [-0.2, 0) is 16.1 Å². The summed E-state index contributed by atoms with van der Waals surface area (Å²) >= 11 is 1.65. The van der Waals surface area contributed by atoms with E-state index in [1.807, 2.05) is 89.5 Å². The third-order valence-electron chi connectivity index (χ3n) is 9.00. The number of aryl methyl sites for hydroxylation is 1. The second kappa shape index (κ2) is 12.6. The van der Waals surface area contributed by atoms with Crippen molar-refractivity contribution in [2.75, 3.05) is 11.4 Å². The fraction of sp³-hybridized carbons (Fsp3) is 0.0976. The van der Waals surface area contributed by atoms with Gasteiger partial charge in [0.15, 0.2) is 6.54 Å². The quantitative estimate of drug-likeness (QED) is 0.0903. The average Bonchev–Trinajstić information content (AvgIpc) is 3.68. The lowest BCUT2D eigenvalue weighted by atomic mass is 9.99. The van der Waals surface area contributed by atoms with Crippen LogP contribution in [0.4, 0.5) is 5.69 Å². The number of carboxylic acid groups (broad SMARTS) is 2. The standard InChI is InChI=1S/C41H30N2O5S/c44-36(45)22-24-42-34(48-40-32-18-10-6-14-28(32)26-12-4-8-16-30(26)38(40)42)20-2-1-3-21-35-43(25-23-37(46)47)39-31-17-9-5-13-27(31)29-15-7-11-19-33(29)41(39)49-35/h1-21H,22-25H2,(H-,44,45,46,47)/p+1. The van der Waals surface area contributed by atoms with E-state index in [2.05, 4.69) is 47.4 Å². The minimum absolute atomic E-state index is 0.00781. The molecule has 0 bridgehead atoms. The highest BCUT2D eigenvalue weighted by Crippen LogP contribution is 2.53. The molecule has 49 heavy (non-hydrogen) atoms. The second-order valence-electron chi connectivity index (χ2n) is 11.9. The fourth-order valence-corrected chi connectivity index (χ4v) is 8.16. The summed E-state index contributed by atoms with van der Waals surface area (Å²) in [6.07, 6.45) is 9.57. The number of aliphatic carboxylic acids is 2. The molecule has 0 saturated carbocycles. The number of aromatic nitrogens is 1. The minimum atomic E-state index is -0.878. The van der Waals surface area contributed by atoms with Crippen molar-refractivity contribution in [1.82, 2.24) is 0 Å². The predicted octanol–water partition coefficient (Wildman–Crippen LogP) is 9.31. The van der Waals surface area contributed by atoms with Crippen LogP contribution in [-0.4, -0.2) is 28.7 Å². The van der Waals surface area contributed by atoms with Crippen molar-refractivity contribution >= 4 is 89.7 Å². The lowest BCUT2D eigenvalue weighted by molar-refractivity contribution is -0.676. The highest BCUT2D eigenvalue weighted by molar-refractivity contribution is 8.04. The second-order valence-corrected chi connectivity index (χ2v) is 13.0. The molecule has 0 radical (unpaired) electrons. The van der Waals surface area contributed by atoms with E-state index in [4.69, 9.17) is 4.42 Å². The van der Waals surface area contributed by atoms with E-state index >= 15 is 0 Å². The Hall–Kier alpha value is -5.86. The van der Waals surface area contributed by atoms with Gasteiger partial charge in [0.1, 0.15) is 6.42 Å². The first-order valence-electron chi connectivity index (χ1n) is 16.1. The molecule has 8 heteroatoms. The minimum Gasteiger partial charge on any atom is -0.481 e. The number of fused-ring (bicyclic) bond motifs is 12. The normalized spacial score (nSPS) is 14.1. The zero-order valence-corrected chi connectivity index (χ0v) is 27.2. The van der Waals surface area contributed by atoms with Crippen LogP contribution < -0.4 is 9.47 Å². The molecule has 0 fully saturated rings. The first kappa shape index (κ1) is 30.5. The van der Waals surface area contributed by atoms with Crippen molar-refractivity contribution in [2.45, 2.75) is 24.3 Å². The highest BCUT2D eigenvalue weighted by atomic mass is 32.2. The van der Waals surface area contributed by atoms with E-state index < -0.39 is 11.9 Å².